The van der Waals surface area contributed by atoms with Gasteiger partial charge in [0.1, 0.15) is 29.6 Å². The second kappa shape index (κ2) is 14.0. The van der Waals surface area contributed by atoms with E-state index in [2.05, 4.69) is 20.7 Å². The molecule has 44 heavy (non-hydrogen) atoms. The number of aryl methyl sites for hydroxylation is 1. The van der Waals surface area contributed by atoms with Gasteiger partial charge in [-0.15, -0.1) is 0 Å². The lowest BCUT2D eigenvalue weighted by molar-refractivity contribution is -0.133. The van der Waals surface area contributed by atoms with Gasteiger partial charge in [0.05, 0.1) is 6.26 Å². The van der Waals surface area contributed by atoms with Crippen molar-refractivity contribution in [2.24, 2.45) is 0 Å². The zero-order valence-corrected chi connectivity index (χ0v) is 26.2. The Balaban J connectivity index is 1.75. The Bertz CT molecular complexity index is 1590. The molecule has 11 heteroatoms. The summed E-state index contributed by atoms with van der Waals surface area (Å²) < 4.78 is 33.0. The average Bonchev–Trinajstić information content (AvgIpc) is 2.93. The van der Waals surface area contributed by atoms with E-state index >= 15 is 0 Å². The molecule has 3 aromatic rings. The van der Waals surface area contributed by atoms with Crippen LogP contribution in [0.3, 0.4) is 0 Å². The molecule has 0 unspecified atom stereocenters. The summed E-state index contributed by atoms with van der Waals surface area (Å²) in [4.78, 5) is 40.9. The van der Waals surface area contributed by atoms with E-state index in [4.69, 9.17) is 4.74 Å². The lowest BCUT2D eigenvalue weighted by Crippen LogP contribution is -2.58. The van der Waals surface area contributed by atoms with Crippen LogP contribution in [-0.4, -0.2) is 56.1 Å². The van der Waals surface area contributed by atoms with Gasteiger partial charge in [0.2, 0.25) is 27.7 Å². The van der Waals surface area contributed by atoms with Crippen LogP contribution < -0.4 is 25.4 Å². The van der Waals surface area contributed by atoms with Gasteiger partial charge in [0, 0.05) is 12.0 Å². The topological polar surface area (TPSA) is 143 Å². The minimum Gasteiger partial charge on any atom is -0.457 e. The number of ether oxygens (including phenoxy) is 1. The Hall–Kier alpha value is -4.22. The molecule has 1 aliphatic rings. The van der Waals surface area contributed by atoms with Crippen molar-refractivity contribution in [3.8, 4) is 11.5 Å². The second-order valence-corrected chi connectivity index (χ2v) is 13.9. The summed E-state index contributed by atoms with van der Waals surface area (Å²) in [5, 5.41) is 8.57. The minimum atomic E-state index is -3.79. The molecule has 1 aliphatic heterocycles. The fourth-order valence-electron chi connectivity index (χ4n) is 4.96. The highest BCUT2D eigenvalue weighted by molar-refractivity contribution is 7.88. The number of amides is 3. The minimum absolute atomic E-state index is 0.0137. The molecule has 4 bridgehead atoms. The van der Waals surface area contributed by atoms with Gasteiger partial charge in [-0.2, -0.15) is 0 Å². The van der Waals surface area contributed by atoms with Gasteiger partial charge >= 0.3 is 0 Å². The third-order valence-corrected chi connectivity index (χ3v) is 7.63. The predicted octanol–water partition coefficient (Wildman–Crippen LogP) is 3.01. The summed E-state index contributed by atoms with van der Waals surface area (Å²) in [5.74, 6) is -0.569. The normalized spacial score (nSPS) is 19.7. The number of sulfonamides is 1. The maximum atomic E-state index is 13.8. The molecule has 0 spiro atoms. The maximum absolute atomic E-state index is 13.8. The SMILES string of the molecule is CC(C)(C)NC(=O)[C@@H]1Cc2cccc(c2)Oc2cccc(c2)C[C@H](NS(C)(=O)=O)C(=O)N[C@@H](CCc2ccccc2)C(=O)N1. The van der Waals surface area contributed by atoms with Crippen molar-refractivity contribution in [1.82, 2.24) is 20.7 Å². The lowest BCUT2D eigenvalue weighted by Gasteiger charge is -2.28. The van der Waals surface area contributed by atoms with Crippen molar-refractivity contribution >= 4 is 27.7 Å². The van der Waals surface area contributed by atoms with Crippen molar-refractivity contribution in [3.63, 3.8) is 0 Å². The molecule has 3 amide bonds. The van der Waals surface area contributed by atoms with E-state index in [1.165, 1.54) is 0 Å². The molecular formula is C33H40N4O6S. The van der Waals surface area contributed by atoms with Crippen molar-refractivity contribution in [3.05, 3.63) is 95.6 Å². The van der Waals surface area contributed by atoms with Gasteiger partial charge in [0.25, 0.3) is 0 Å². The van der Waals surface area contributed by atoms with Crippen molar-refractivity contribution in [2.45, 2.75) is 70.1 Å². The molecule has 0 fully saturated rings. The first-order valence-corrected chi connectivity index (χ1v) is 16.4. The van der Waals surface area contributed by atoms with Gasteiger partial charge < -0.3 is 20.7 Å². The summed E-state index contributed by atoms with van der Waals surface area (Å²) in [5.41, 5.74) is 1.83. The van der Waals surface area contributed by atoms with Crippen LogP contribution in [0.5, 0.6) is 11.5 Å². The first-order chi connectivity index (χ1) is 20.7. The van der Waals surface area contributed by atoms with E-state index in [9.17, 15) is 22.8 Å². The molecule has 0 saturated carbocycles. The van der Waals surface area contributed by atoms with Gasteiger partial charge in [-0.1, -0.05) is 54.6 Å². The van der Waals surface area contributed by atoms with Crippen LogP contribution in [-0.2, 0) is 43.7 Å². The van der Waals surface area contributed by atoms with Gasteiger partial charge in [0.15, 0.2) is 0 Å². The van der Waals surface area contributed by atoms with E-state index in [0.717, 1.165) is 17.4 Å². The molecule has 0 radical (unpaired) electrons. The Morgan fingerprint density at radius 2 is 1.48 bits per heavy atom. The number of rotatable bonds is 6. The van der Waals surface area contributed by atoms with Crippen LogP contribution in [0.15, 0.2) is 78.9 Å². The number of hydrogen-bond donors (Lipinski definition) is 4. The Morgan fingerprint density at radius 3 is 2.07 bits per heavy atom. The number of hydrogen-bond acceptors (Lipinski definition) is 6. The van der Waals surface area contributed by atoms with Crippen LogP contribution in [0.1, 0.15) is 43.9 Å². The second-order valence-electron chi connectivity index (χ2n) is 12.1. The van der Waals surface area contributed by atoms with Crippen molar-refractivity contribution in [1.29, 1.82) is 0 Å². The van der Waals surface area contributed by atoms with Crippen molar-refractivity contribution < 1.29 is 27.5 Å². The largest absolute Gasteiger partial charge is 0.457 e. The Labute approximate surface area is 259 Å². The third kappa shape index (κ3) is 10.2. The molecular weight excluding hydrogens is 580 g/mol. The number of fused-ring (bicyclic) bond motifs is 4. The van der Waals surface area contributed by atoms with Crippen molar-refractivity contribution in [2.75, 3.05) is 6.26 Å². The monoisotopic (exact) mass is 620 g/mol. The molecule has 234 valence electrons. The molecule has 0 aromatic heterocycles. The van der Waals surface area contributed by atoms with E-state index in [0.29, 0.717) is 23.5 Å². The number of carbonyl (C=O) groups excluding carboxylic acids is 3. The molecule has 1 heterocycles. The quantitative estimate of drug-likeness (QED) is 0.334. The van der Waals surface area contributed by atoms with Gasteiger partial charge in [-0.3, -0.25) is 14.4 Å². The zero-order chi connectivity index (χ0) is 31.9. The molecule has 0 saturated heterocycles. The maximum Gasteiger partial charge on any atom is 0.243 e. The highest BCUT2D eigenvalue weighted by Gasteiger charge is 2.31. The number of carbonyl (C=O) groups is 3. The molecule has 3 atom stereocenters. The Morgan fingerprint density at radius 1 is 0.864 bits per heavy atom. The van der Waals surface area contributed by atoms with E-state index in [1.807, 2.05) is 69.3 Å². The highest BCUT2D eigenvalue weighted by Crippen LogP contribution is 2.25. The van der Waals surface area contributed by atoms with Crippen LogP contribution in [0.2, 0.25) is 0 Å². The summed E-state index contributed by atoms with van der Waals surface area (Å²) in [6.07, 6.45) is 1.84. The summed E-state index contributed by atoms with van der Waals surface area (Å²) in [7, 11) is -3.79. The number of benzene rings is 3. The fraction of sp³-hybridized carbons (Fsp3) is 0.364. The van der Waals surface area contributed by atoms with Gasteiger partial charge in [-0.05, 0) is 81.0 Å². The summed E-state index contributed by atoms with van der Waals surface area (Å²) in [6, 6.07) is 20.6. The van der Waals surface area contributed by atoms with Gasteiger partial charge in [-0.25, -0.2) is 13.1 Å². The van der Waals surface area contributed by atoms with Crippen LogP contribution >= 0.6 is 0 Å². The number of nitrogens with one attached hydrogen (secondary N) is 4. The van der Waals surface area contributed by atoms with Crippen LogP contribution in [0, 0.1) is 0 Å². The molecule has 4 rings (SSSR count). The standard InChI is InChI=1S/C33H40N4O6S/c1-33(2,3)36-32(40)28-20-23-12-8-14-25(18-23)43-26-15-9-13-24(19-26)21-29(37-44(4,41)42)31(39)34-27(30(38)35-28)17-16-22-10-6-5-7-11-22/h5-15,18-19,27-29,37H,16-17,20-21H2,1-4H3,(H,34,39)(H,35,38)(H,36,40)/t27-,28-,29-/m0/s1. The molecule has 0 aliphatic carbocycles. The molecule has 10 nitrogen and oxygen atoms in total. The fourth-order valence-corrected chi connectivity index (χ4v) is 5.67. The van der Waals surface area contributed by atoms with E-state index in [1.54, 1.807) is 30.3 Å². The summed E-state index contributed by atoms with van der Waals surface area (Å²) >= 11 is 0. The molecule has 3 aromatic carbocycles. The smallest absolute Gasteiger partial charge is 0.243 e. The van der Waals surface area contributed by atoms with Crippen LogP contribution in [0.4, 0.5) is 0 Å². The summed E-state index contributed by atoms with van der Waals surface area (Å²) in [6.45, 7) is 5.55. The lowest BCUT2D eigenvalue weighted by atomic mass is 10.00. The first-order valence-electron chi connectivity index (χ1n) is 14.5. The zero-order valence-electron chi connectivity index (χ0n) is 25.4. The third-order valence-electron chi connectivity index (χ3n) is 6.91. The first kappa shape index (κ1) is 32.7. The Kier molecular flexibility index (Phi) is 10.4. The van der Waals surface area contributed by atoms with E-state index in [-0.39, 0.29) is 25.2 Å². The van der Waals surface area contributed by atoms with E-state index < -0.39 is 45.5 Å². The average molecular weight is 621 g/mol. The predicted molar refractivity (Wildman–Crippen MR) is 169 cm³/mol. The highest BCUT2D eigenvalue weighted by atomic mass is 32.2. The molecule has 4 N–H and O–H groups in total. The van der Waals surface area contributed by atoms with Crippen LogP contribution in [0.25, 0.3) is 0 Å².